The van der Waals surface area contributed by atoms with Crippen LogP contribution in [0, 0.1) is 5.92 Å². The minimum atomic E-state index is -4.42. The fourth-order valence-corrected chi connectivity index (χ4v) is 3.84. The molecule has 1 aromatic rings. The molecule has 3 rings (SSSR count). The van der Waals surface area contributed by atoms with Crippen LogP contribution < -0.4 is 5.73 Å². The molecule has 2 saturated heterocycles. The number of rotatable bonds is 2. The minimum Gasteiger partial charge on any atom is -0.341 e. The van der Waals surface area contributed by atoms with E-state index in [1.807, 2.05) is 0 Å². The van der Waals surface area contributed by atoms with Crippen LogP contribution in [0.3, 0.4) is 0 Å². The van der Waals surface area contributed by atoms with Crippen LogP contribution in [0.4, 0.5) is 13.2 Å². The van der Waals surface area contributed by atoms with Gasteiger partial charge >= 0.3 is 6.18 Å². The third kappa shape index (κ3) is 3.56. The third-order valence-corrected chi connectivity index (χ3v) is 5.29. The van der Waals surface area contributed by atoms with E-state index in [0.717, 1.165) is 18.6 Å². The molecule has 0 bridgehead atoms. The first-order chi connectivity index (χ1) is 12.2. The number of benzene rings is 1. The molecular formula is C18H22F3N3O2. The van der Waals surface area contributed by atoms with Crippen LogP contribution in [0.2, 0.25) is 0 Å². The fourth-order valence-electron chi connectivity index (χ4n) is 3.84. The molecule has 5 nitrogen and oxygen atoms in total. The predicted octanol–water partition coefficient (Wildman–Crippen LogP) is 2.17. The molecule has 2 aliphatic rings. The Hall–Kier alpha value is -2.09. The number of likely N-dealkylation sites (tertiary alicyclic amines) is 2. The Bertz CT molecular complexity index is 690. The summed E-state index contributed by atoms with van der Waals surface area (Å²) in [5.74, 6) is -0.668. The van der Waals surface area contributed by atoms with Crippen molar-refractivity contribution >= 4 is 11.8 Å². The Morgan fingerprint density at radius 2 is 1.85 bits per heavy atom. The Labute approximate surface area is 149 Å². The van der Waals surface area contributed by atoms with Crippen LogP contribution >= 0.6 is 0 Å². The summed E-state index contributed by atoms with van der Waals surface area (Å²) in [5, 5.41) is 0. The Morgan fingerprint density at radius 3 is 2.38 bits per heavy atom. The number of alkyl halides is 3. The molecule has 2 aliphatic heterocycles. The van der Waals surface area contributed by atoms with Gasteiger partial charge in [-0.2, -0.15) is 13.2 Å². The first-order valence-electron chi connectivity index (χ1n) is 8.65. The van der Waals surface area contributed by atoms with Crippen LogP contribution in [0.5, 0.6) is 0 Å². The van der Waals surface area contributed by atoms with E-state index in [-0.39, 0.29) is 24.3 Å². The second-order valence-electron chi connectivity index (χ2n) is 7.05. The van der Waals surface area contributed by atoms with E-state index in [1.165, 1.54) is 17.0 Å². The number of amides is 2. The van der Waals surface area contributed by atoms with Crippen molar-refractivity contribution in [3.05, 3.63) is 35.4 Å². The number of nitrogens with two attached hydrogens (primary N) is 1. The number of nitrogens with zero attached hydrogens (tertiary/aromatic N) is 2. The summed E-state index contributed by atoms with van der Waals surface area (Å²) < 4.78 is 38.4. The Balaban J connectivity index is 1.88. The van der Waals surface area contributed by atoms with E-state index in [4.69, 9.17) is 5.73 Å². The molecule has 1 aromatic carbocycles. The van der Waals surface area contributed by atoms with Crippen molar-refractivity contribution in [3.63, 3.8) is 0 Å². The summed E-state index contributed by atoms with van der Waals surface area (Å²) in [4.78, 5) is 28.3. The van der Waals surface area contributed by atoms with Crippen molar-refractivity contribution in [3.8, 4) is 0 Å². The quantitative estimate of drug-likeness (QED) is 0.869. The normalized spacial score (nSPS) is 27.1. The van der Waals surface area contributed by atoms with E-state index < -0.39 is 23.7 Å². The number of hydrogen-bond donors (Lipinski definition) is 1. The van der Waals surface area contributed by atoms with Gasteiger partial charge in [-0.15, -0.1) is 0 Å². The molecule has 0 saturated carbocycles. The van der Waals surface area contributed by atoms with Gasteiger partial charge in [-0.25, -0.2) is 0 Å². The fraction of sp³-hybridized carbons (Fsp3) is 0.556. The smallest absolute Gasteiger partial charge is 0.341 e. The van der Waals surface area contributed by atoms with Crippen molar-refractivity contribution in [2.45, 2.75) is 37.5 Å². The largest absolute Gasteiger partial charge is 0.416 e. The molecule has 3 atom stereocenters. The zero-order chi connectivity index (χ0) is 19.1. The highest BCUT2D eigenvalue weighted by Gasteiger charge is 2.42. The minimum absolute atomic E-state index is 0.0496. The zero-order valence-electron chi connectivity index (χ0n) is 14.5. The van der Waals surface area contributed by atoms with Gasteiger partial charge in [-0.3, -0.25) is 9.59 Å². The van der Waals surface area contributed by atoms with Gasteiger partial charge in [0, 0.05) is 32.6 Å². The second-order valence-corrected chi connectivity index (χ2v) is 7.05. The number of halogens is 3. The third-order valence-electron chi connectivity index (χ3n) is 5.29. The van der Waals surface area contributed by atoms with E-state index >= 15 is 0 Å². The average Bonchev–Trinajstić information content (AvgIpc) is 3.02. The maximum Gasteiger partial charge on any atom is 0.416 e. The number of hydrogen-bond acceptors (Lipinski definition) is 3. The SMILES string of the molecule is CN1C(=O)CC[C@H](C(=O)N2CC[C@H](N)C2)[C@@H]1c1ccc(C(F)(F)F)cc1. The molecule has 0 radical (unpaired) electrons. The zero-order valence-corrected chi connectivity index (χ0v) is 14.5. The summed E-state index contributed by atoms with van der Waals surface area (Å²) in [5.41, 5.74) is 5.67. The lowest BCUT2D eigenvalue weighted by Crippen LogP contribution is -2.47. The van der Waals surface area contributed by atoms with Crippen molar-refractivity contribution in [2.75, 3.05) is 20.1 Å². The first kappa shape index (κ1) is 18.7. The molecule has 0 aliphatic carbocycles. The molecule has 0 aromatic heterocycles. The van der Waals surface area contributed by atoms with Crippen molar-refractivity contribution < 1.29 is 22.8 Å². The van der Waals surface area contributed by atoms with Crippen molar-refractivity contribution in [2.24, 2.45) is 11.7 Å². The van der Waals surface area contributed by atoms with E-state index in [1.54, 1.807) is 11.9 Å². The summed E-state index contributed by atoms with van der Waals surface area (Å²) in [6.07, 6.45) is -3.05. The topological polar surface area (TPSA) is 66.6 Å². The highest BCUT2D eigenvalue weighted by Crippen LogP contribution is 2.38. The summed E-state index contributed by atoms with van der Waals surface area (Å²) in [6.45, 7) is 1.06. The van der Waals surface area contributed by atoms with Crippen LogP contribution in [0.15, 0.2) is 24.3 Å². The lowest BCUT2D eigenvalue weighted by atomic mass is 9.83. The van der Waals surface area contributed by atoms with Gasteiger partial charge < -0.3 is 15.5 Å². The van der Waals surface area contributed by atoms with Crippen LogP contribution in [0.25, 0.3) is 0 Å². The molecule has 8 heteroatoms. The van der Waals surface area contributed by atoms with Crippen LogP contribution in [-0.4, -0.2) is 47.8 Å². The lowest BCUT2D eigenvalue weighted by Gasteiger charge is -2.40. The monoisotopic (exact) mass is 369 g/mol. The van der Waals surface area contributed by atoms with E-state index in [9.17, 15) is 22.8 Å². The maximum atomic E-state index is 13.0. The second kappa shape index (κ2) is 6.90. The van der Waals surface area contributed by atoms with Gasteiger partial charge in [0.15, 0.2) is 0 Å². The Kier molecular flexibility index (Phi) is 4.96. The molecule has 2 heterocycles. The molecule has 142 valence electrons. The maximum absolute atomic E-state index is 13.0. The van der Waals surface area contributed by atoms with E-state index in [0.29, 0.717) is 25.1 Å². The number of piperidine rings is 1. The molecule has 26 heavy (non-hydrogen) atoms. The van der Waals surface area contributed by atoms with Crippen molar-refractivity contribution in [1.29, 1.82) is 0 Å². The lowest BCUT2D eigenvalue weighted by molar-refractivity contribution is -0.146. The highest BCUT2D eigenvalue weighted by molar-refractivity contribution is 5.85. The Morgan fingerprint density at radius 1 is 1.19 bits per heavy atom. The number of carbonyl (C=O) groups is 2. The molecule has 2 N–H and O–H groups in total. The standard InChI is InChI=1S/C18H22F3N3O2/c1-23-15(25)7-6-14(17(26)24-9-8-13(22)10-24)16(23)11-2-4-12(5-3-11)18(19,20)21/h2-5,13-14,16H,6-10,22H2,1H3/t13-,14-,16-/m0/s1. The first-order valence-corrected chi connectivity index (χ1v) is 8.65. The number of carbonyl (C=O) groups excluding carboxylic acids is 2. The van der Waals surface area contributed by atoms with Gasteiger partial charge in [0.2, 0.25) is 11.8 Å². The highest BCUT2D eigenvalue weighted by atomic mass is 19.4. The van der Waals surface area contributed by atoms with Gasteiger partial charge in [-0.1, -0.05) is 12.1 Å². The predicted molar refractivity (Wildman–Crippen MR) is 88.9 cm³/mol. The average molecular weight is 369 g/mol. The van der Waals surface area contributed by atoms with Crippen molar-refractivity contribution in [1.82, 2.24) is 9.80 Å². The van der Waals surface area contributed by atoms with Gasteiger partial charge in [0.05, 0.1) is 17.5 Å². The molecule has 2 amide bonds. The summed E-state index contributed by atoms with van der Waals surface area (Å²) in [7, 11) is 1.60. The molecule has 0 spiro atoms. The van der Waals surface area contributed by atoms with Crippen LogP contribution in [-0.2, 0) is 15.8 Å². The van der Waals surface area contributed by atoms with Gasteiger partial charge in [0.1, 0.15) is 0 Å². The summed E-state index contributed by atoms with van der Waals surface area (Å²) in [6, 6.07) is 4.09. The molecule has 0 unspecified atom stereocenters. The van der Waals surface area contributed by atoms with Crippen LogP contribution in [0.1, 0.15) is 36.4 Å². The molecule has 2 fully saturated rings. The van der Waals surface area contributed by atoms with E-state index in [2.05, 4.69) is 0 Å². The molecular weight excluding hydrogens is 347 g/mol. The van der Waals surface area contributed by atoms with Gasteiger partial charge in [0.25, 0.3) is 0 Å². The van der Waals surface area contributed by atoms with Gasteiger partial charge in [-0.05, 0) is 30.5 Å². The summed E-state index contributed by atoms with van der Waals surface area (Å²) >= 11 is 0.